The Labute approximate surface area is 121 Å². The van der Waals surface area contributed by atoms with E-state index in [9.17, 15) is 4.79 Å². The van der Waals surface area contributed by atoms with Crippen molar-refractivity contribution in [2.24, 2.45) is 5.92 Å². The highest BCUT2D eigenvalue weighted by atomic mass is 16.3. The second kappa shape index (κ2) is 5.40. The third-order valence-electron chi connectivity index (χ3n) is 3.32. The van der Waals surface area contributed by atoms with E-state index >= 15 is 0 Å². The number of nitrogens with zero attached hydrogens (tertiary/aromatic N) is 3. The van der Waals surface area contributed by atoms with Crippen molar-refractivity contribution >= 4 is 11.6 Å². The molecule has 6 nitrogen and oxygen atoms in total. The molecule has 0 aliphatic heterocycles. The Morgan fingerprint density at radius 2 is 2.10 bits per heavy atom. The topological polar surface area (TPSA) is 72.4 Å². The summed E-state index contributed by atoms with van der Waals surface area (Å²) in [5.41, 5.74) is 0.755. The summed E-state index contributed by atoms with van der Waals surface area (Å²) in [6, 6.07) is 8.76. The Balaban J connectivity index is 1.93. The van der Waals surface area contributed by atoms with Gasteiger partial charge in [0.15, 0.2) is 17.2 Å². The molecule has 0 aromatic carbocycles. The average Bonchev–Trinajstić information content (AvgIpc) is 3.14. The highest BCUT2D eigenvalue weighted by Crippen LogP contribution is 2.21. The van der Waals surface area contributed by atoms with Gasteiger partial charge in [0, 0.05) is 6.20 Å². The number of nitrogens with one attached hydrogen (secondary N) is 1. The quantitative estimate of drug-likeness (QED) is 0.798. The molecule has 1 amide bonds. The van der Waals surface area contributed by atoms with Crippen LogP contribution in [-0.2, 0) is 0 Å². The van der Waals surface area contributed by atoms with Crippen LogP contribution in [0.2, 0.25) is 0 Å². The minimum absolute atomic E-state index is 0.163. The Morgan fingerprint density at radius 1 is 1.24 bits per heavy atom. The molecule has 3 aromatic heterocycles. The van der Waals surface area contributed by atoms with E-state index in [1.807, 2.05) is 42.6 Å². The van der Waals surface area contributed by atoms with Crippen molar-refractivity contribution < 1.29 is 9.21 Å². The molecule has 0 bridgehead atoms. The zero-order chi connectivity index (χ0) is 14.8. The molecule has 1 atom stereocenters. The fourth-order valence-electron chi connectivity index (χ4n) is 2.22. The molecule has 6 heteroatoms. The highest BCUT2D eigenvalue weighted by Gasteiger charge is 2.24. The molecule has 3 heterocycles. The first-order chi connectivity index (χ1) is 10.2. The summed E-state index contributed by atoms with van der Waals surface area (Å²) < 4.78 is 7.01. The Hall–Kier alpha value is -2.63. The molecule has 108 valence electrons. The lowest BCUT2D eigenvalue weighted by Crippen LogP contribution is -2.32. The minimum Gasteiger partial charge on any atom is -0.459 e. The molecule has 21 heavy (non-hydrogen) atoms. The number of rotatable bonds is 4. The fourth-order valence-corrected chi connectivity index (χ4v) is 2.22. The Morgan fingerprint density at radius 3 is 2.81 bits per heavy atom. The molecule has 0 aliphatic carbocycles. The first-order valence-electron chi connectivity index (χ1n) is 6.81. The van der Waals surface area contributed by atoms with Gasteiger partial charge in [0.2, 0.25) is 0 Å². The van der Waals surface area contributed by atoms with Crippen LogP contribution in [0.25, 0.3) is 5.65 Å². The van der Waals surface area contributed by atoms with E-state index < -0.39 is 0 Å². The SMILES string of the molecule is CC(C)C(NC(=O)c1ccco1)c1nnc2ccccn12. The van der Waals surface area contributed by atoms with Gasteiger partial charge < -0.3 is 9.73 Å². The predicted octanol–water partition coefficient (Wildman–Crippen LogP) is 2.45. The number of amides is 1. The fraction of sp³-hybridized carbons (Fsp3) is 0.267. The number of aromatic nitrogens is 3. The van der Waals surface area contributed by atoms with Crippen LogP contribution in [0.15, 0.2) is 47.2 Å². The molecule has 0 saturated heterocycles. The second-order valence-electron chi connectivity index (χ2n) is 5.16. The summed E-state index contributed by atoms with van der Waals surface area (Å²) in [4.78, 5) is 12.2. The molecule has 0 saturated carbocycles. The molecule has 3 aromatic rings. The summed E-state index contributed by atoms with van der Waals surface area (Å²) in [5.74, 6) is 0.901. The van der Waals surface area contributed by atoms with Gasteiger partial charge in [-0.1, -0.05) is 19.9 Å². The van der Waals surface area contributed by atoms with Gasteiger partial charge in [-0.2, -0.15) is 0 Å². The standard InChI is InChI=1S/C15H16N4O2/c1-10(2)13(16-15(20)11-6-5-9-21-11)14-18-17-12-7-3-4-8-19(12)14/h3-10,13H,1-2H3,(H,16,20). The molecular weight excluding hydrogens is 268 g/mol. The second-order valence-corrected chi connectivity index (χ2v) is 5.16. The van der Waals surface area contributed by atoms with Gasteiger partial charge in [-0.3, -0.25) is 9.20 Å². The largest absolute Gasteiger partial charge is 0.459 e. The Bertz CT molecular complexity index is 746. The summed E-state index contributed by atoms with van der Waals surface area (Å²) in [5, 5.41) is 11.3. The molecule has 0 spiro atoms. The highest BCUT2D eigenvalue weighted by molar-refractivity contribution is 5.91. The first kappa shape index (κ1) is 13.4. The van der Waals surface area contributed by atoms with Crippen molar-refractivity contribution in [3.8, 4) is 0 Å². The van der Waals surface area contributed by atoms with E-state index in [2.05, 4.69) is 15.5 Å². The summed E-state index contributed by atoms with van der Waals surface area (Å²) in [6.07, 6.45) is 3.37. The normalized spacial score (nSPS) is 12.7. The summed E-state index contributed by atoms with van der Waals surface area (Å²) >= 11 is 0. The van der Waals surface area contributed by atoms with E-state index in [-0.39, 0.29) is 23.6 Å². The first-order valence-corrected chi connectivity index (χ1v) is 6.81. The van der Waals surface area contributed by atoms with Gasteiger partial charge >= 0.3 is 0 Å². The lowest BCUT2D eigenvalue weighted by atomic mass is 10.0. The van der Waals surface area contributed by atoms with Crippen LogP contribution in [0.1, 0.15) is 36.3 Å². The lowest BCUT2D eigenvalue weighted by molar-refractivity contribution is 0.0894. The van der Waals surface area contributed by atoms with Crippen molar-refractivity contribution in [1.29, 1.82) is 0 Å². The smallest absolute Gasteiger partial charge is 0.287 e. The third-order valence-corrected chi connectivity index (χ3v) is 3.32. The molecule has 1 N–H and O–H groups in total. The number of hydrogen-bond donors (Lipinski definition) is 1. The van der Waals surface area contributed by atoms with Gasteiger partial charge in [-0.25, -0.2) is 0 Å². The van der Waals surface area contributed by atoms with Crippen molar-refractivity contribution in [3.63, 3.8) is 0 Å². The maximum atomic E-state index is 12.2. The van der Waals surface area contributed by atoms with Crippen molar-refractivity contribution in [1.82, 2.24) is 19.9 Å². The zero-order valence-corrected chi connectivity index (χ0v) is 11.9. The van der Waals surface area contributed by atoms with Crippen LogP contribution in [0, 0.1) is 5.92 Å². The molecule has 1 unspecified atom stereocenters. The molecule has 0 aliphatic rings. The Kier molecular flexibility index (Phi) is 3.43. The minimum atomic E-state index is -0.258. The van der Waals surface area contributed by atoms with Crippen LogP contribution in [-0.4, -0.2) is 20.5 Å². The van der Waals surface area contributed by atoms with E-state index in [1.54, 1.807) is 12.1 Å². The van der Waals surface area contributed by atoms with Gasteiger partial charge in [0.25, 0.3) is 5.91 Å². The van der Waals surface area contributed by atoms with Crippen LogP contribution >= 0.6 is 0 Å². The van der Waals surface area contributed by atoms with E-state index in [0.717, 1.165) is 5.65 Å². The van der Waals surface area contributed by atoms with Crippen molar-refractivity contribution in [2.75, 3.05) is 0 Å². The number of carbonyl (C=O) groups is 1. The summed E-state index contributed by atoms with van der Waals surface area (Å²) in [7, 11) is 0. The molecule has 0 fully saturated rings. The van der Waals surface area contributed by atoms with E-state index in [1.165, 1.54) is 6.26 Å². The van der Waals surface area contributed by atoms with Gasteiger partial charge in [0.1, 0.15) is 0 Å². The van der Waals surface area contributed by atoms with Gasteiger partial charge in [0.05, 0.1) is 12.3 Å². The molecule has 3 rings (SSSR count). The number of pyridine rings is 1. The number of hydrogen-bond acceptors (Lipinski definition) is 4. The van der Waals surface area contributed by atoms with Crippen LogP contribution in [0.3, 0.4) is 0 Å². The molecule has 0 radical (unpaired) electrons. The van der Waals surface area contributed by atoms with Crippen molar-refractivity contribution in [3.05, 3.63) is 54.4 Å². The average molecular weight is 284 g/mol. The number of carbonyl (C=O) groups excluding carboxylic acids is 1. The van der Waals surface area contributed by atoms with Gasteiger partial charge in [-0.05, 0) is 30.2 Å². The predicted molar refractivity (Wildman–Crippen MR) is 76.7 cm³/mol. The van der Waals surface area contributed by atoms with Crippen LogP contribution in [0.4, 0.5) is 0 Å². The number of furan rings is 1. The zero-order valence-electron chi connectivity index (χ0n) is 11.9. The maximum Gasteiger partial charge on any atom is 0.287 e. The van der Waals surface area contributed by atoms with Crippen LogP contribution in [0.5, 0.6) is 0 Å². The van der Waals surface area contributed by atoms with Crippen LogP contribution < -0.4 is 5.32 Å². The maximum absolute atomic E-state index is 12.2. The van der Waals surface area contributed by atoms with E-state index in [0.29, 0.717) is 5.82 Å². The molecular formula is C15H16N4O2. The third kappa shape index (κ3) is 2.52. The van der Waals surface area contributed by atoms with Crippen molar-refractivity contribution in [2.45, 2.75) is 19.9 Å². The lowest BCUT2D eigenvalue weighted by Gasteiger charge is -2.20. The van der Waals surface area contributed by atoms with E-state index in [4.69, 9.17) is 4.42 Å². The summed E-state index contributed by atoms with van der Waals surface area (Å²) in [6.45, 7) is 4.05. The number of fused-ring (bicyclic) bond motifs is 1. The van der Waals surface area contributed by atoms with Gasteiger partial charge in [-0.15, -0.1) is 10.2 Å². The monoisotopic (exact) mass is 284 g/mol.